The fourth-order valence-corrected chi connectivity index (χ4v) is 1.05. The molecule has 3 heteroatoms. The summed E-state index contributed by atoms with van der Waals surface area (Å²) in [5.74, 6) is 6.03. The van der Waals surface area contributed by atoms with E-state index >= 15 is 0 Å². The first-order chi connectivity index (χ1) is 7.36. The van der Waals surface area contributed by atoms with Gasteiger partial charge in [0.25, 0.3) is 0 Å². The zero-order chi connectivity index (χ0) is 10.9. The molecule has 15 heavy (non-hydrogen) atoms. The lowest BCUT2D eigenvalue weighted by molar-refractivity contribution is 0.153. The van der Waals surface area contributed by atoms with Gasteiger partial charge in [-0.25, -0.2) is 0 Å². The van der Waals surface area contributed by atoms with E-state index in [1.165, 1.54) is 0 Å². The molecule has 0 aliphatic heterocycles. The Morgan fingerprint density at radius 1 is 1.20 bits per heavy atom. The monoisotopic (exact) mass is 206 g/mol. The van der Waals surface area contributed by atoms with Gasteiger partial charge in [-0.15, -0.1) is 0 Å². The lowest BCUT2D eigenvalue weighted by Gasteiger charge is -2.02. The predicted octanol–water partition coefficient (Wildman–Crippen LogP) is 1.21. The highest BCUT2D eigenvalue weighted by Gasteiger charge is 1.93. The molecule has 80 valence electrons. The van der Waals surface area contributed by atoms with Crippen LogP contribution in [0.25, 0.3) is 0 Å². The Kier molecular flexibility index (Phi) is 5.31. The Balaban J connectivity index is 2.31. The molecule has 1 aromatic rings. The average Bonchev–Trinajstić information content (AvgIpc) is 2.30. The van der Waals surface area contributed by atoms with Crippen molar-refractivity contribution < 1.29 is 14.6 Å². The molecule has 0 saturated heterocycles. The van der Waals surface area contributed by atoms with Crippen LogP contribution < -0.4 is 4.74 Å². The van der Waals surface area contributed by atoms with Crippen molar-refractivity contribution in [3.05, 3.63) is 29.8 Å². The highest BCUT2D eigenvalue weighted by atomic mass is 16.5. The smallest absolute Gasteiger partial charge is 0.118 e. The van der Waals surface area contributed by atoms with E-state index in [-0.39, 0.29) is 6.61 Å². The van der Waals surface area contributed by atoms with Crippen molar-refractivity contribution in [1.82, 2.24) is 0 Å². The third-order valence-corrected chi connectivity index (χ3v) is 1.81. The molecule has 0 radical (unpaired) electrons. The molecule has 1 rings (SSSR count). The van der Waals surface area contributed by atoms with Gasteiger partial charge in [0, 0.05) is 0 Å². The number of hydrogen-bond donors (Lipinski definition) is 1. The Morgan fingerprint density at radius 2 is 1.93 bits per heavy atom. The van der Waals surface area contributed by atoms with Crippen LogP contribution in [0, 0.1) is 11.8 Å². The Morgan fingerprint density at radius 3 is 2.53 bits per heavy atom. The molecule has 0 aromatic heterocycles. The summed E-state index contributed by atoms with van der Waals surface area (Å²) in [5, 5.41) is 8.40. The van der Waals surface area contributed by atoms with Crippen LogP contribution in [0.15, 0.2) is 24.3 Å². The number of benzene rings is 1. The molecule has 1 aromatic carbocycles. The maximum Gasteiger partial charge on any atom is 0.118 e. The minimum absolute atomic E-state index is 0.119. The molecule has 1 N–H and O–H groups in total. The molecule has 0 atom stereocenters. The Hall–Kier alpha value is -1.50. The van der Waals surface area contributed by atoms with E-state index in [4.69, 9.17) is 14.6 Å². The first-order valence-corrected chi connectivity index (χ1v) is 4.64. The quantitative estimate of drug-likeness (QED) is 0.594. The number of ether oxygens (including phenoxy) is 2. The van der Waals surface area contributed by atoms with Gasteiger partial charge < -0.3 is 14.6 Å². The van der Waals surface area contributed by atoms with Crippen molar-refractivity contribution in [1.29, 1.82) is 0 Å². The van der Waals surface area contributed by atoms with Crippen LogP contribution in [0.1, 0.15) is 5.56 Å². The average molecular weight is 206 g/mol. The summed E-state index contributed by atoms with van der Waals surface area (Å²) in [6.07, 6.45) is 0. The van der Waals surface area contributed by atoms with Crippen LogP contribution in [0.4, 0.5) is 0 Å². The number of hydrogen-bond acceptors (Lipinski definition) is 3. The van der Waals surface area contributed by atoms with Crippen molar-refractivity contribution in [2.75, 3.05) is 20.3 Å². The molecule has 0 bridgehead atoms. The topological polar surface area (TPSA) is 38.7 Å². The standard InChI is InChI=1S/C12H14O3/c1-14-12-6-4-11(5-7-12)10-15-9-3-2-8-13/h4-7,13H,8-10H2,1H3. The van der Waals surface area contributed by atoms with E-state index in [1.54, 1.807) is 7.11 Å². The van der Waals surface area contributed by atoms with Gasteiger partial charge in [0.1, 0.15) is 19.0 Å². The third kappa shape index (κ3) is 4.50. The largest absolute Gasteiger partial charge is 0.497 e. The predicted molar refractivity (Wildman–Crippen MR) is 57.5 cm³/mol. The second-order valence-corrected chi connectivity index (χ2v) is 2.85. The number of aliphatic hydroxyl groups excluding tert-OH is 1. The van der Waals surface area contributed by atoms with Crippen LogP contribution in [0.3, 0.4) is 0 Å². The van der Waals surface area contributed by atoms with Gasteiger partial charge in [0.05, 0.1) is 13.7 Å². The lowest BCUT2D eigenvalue weighted by Crippen LogP contribution is -1.93. The molecule has 0 aliphatic rings. The van der Waals surface area contributed by atoms with Crippen molar-refractivity contribution in [2.24, 2.45) is 0 Å². The van der Waals surface area contributed by atoms with Crippen molar-refractivity contribution in [3.63, 3.8) is 0 Å². The van der Waals surface area contributed by atoms with E-state index in [9.17, 15) is 0 Å². The zero-order valence-corrected chi connectivity index (χ0v) is 8.69. The zero-order valence-electron chi connectivity index (χ0n) is 8.69. The summed E-state index contributed by atoms with van der Waals surface area (Å²) in [7, 11) is 1.63. The van der Waals surface area contributed by atoms with E-state index < -0.39 is 0 Å². The van der Waals surface area contributed by atoms with E-state index in [0.29, 0.717) is 13.2 Å². The summed E-state index contributed by atoms with van der Waals surface area (Å²) in [4.78, 5) is 0. The summed E-state index contributed by atoms with van der Waals surface area (Å²) in [6, 6.07) is 7.66. The van der Waals surface area contributed by atoms with Crippen molar-refractivity contribution in [3.8, 4) is 17.6 Å². The van der Waals surface area contributed by atoms with E-state index in [1.807, 2.05) is 24.3 Å². The van der Waals surface area contributed by atoms with Crippen LogP contribution in [-0.2, 0) is 11.3 Å². The second-order valence-electron chi connectivity index (χ2n) is 2.85. The number of methoxy groups -OCH3 is 1. The van der Waals surface area contributed by atoms with Gasteiger partial charge in [0.2, 0.25) is 0 Å². The number of rotatable bonds is 4. The fourth-order valence-electron chi connectivity index (χ4n) is 1.05. The van der Waals surface area contributed by atoms with Gasteiger partial charge in [-0.2, -0.15) is 0 Å². The van der Waals surface area contributed by atoms with Gasteiger partial charge in [-0.3, -0.25) is 0 Å². The normalized spacial score (nSPS) is 9.20. The van der Waals surface area contributed by atoms with Gasteiger partial charge in [-0.1, -0.05) is 24.0 Å². The molecule has 0 heterocycles. The maximum absolute atomic E-state index is 8.40. The first kappa shape index (κ1) is 11.6. The second kappa shape index (κ2) is 6.88. The van der Waals surface area contributed by atoms with Gasteiger partial charge >= 0.3 is 0 Å². The summed E-state index contributed by atoms with van der Waals surface area (Å²) in [6.45, 7) is 0.739. The van der Waals surface area contributed by atoms with Crippen LogP contribution in [-0.4, -0.2) is 25.4 Å². The molecule has 0 saturated carbocycles. The van der Waals surface area contributed by atoms with Gasteiger partial charge in [-0.05, 0) is 17.7 Å². The Bertz CT molecular complexity index is 332. The minimum atomic E-state index is -0.119. The minimum Gasteiger partial charge on any atom is -0.497 e. The molecule has 0 aliphatic carbocycles. The molecule has 3 nitrogen and oxygen atoms in total. The van der Waals surface area contributed by atoms with Crippen molar-refractivity contribution in [2.45, 2.75) is 6.61 Å². The highest BCUT2D eigenvalue weighted by molar-refractivity contribution is 5.26. The summed E-state index contributed by atoms with van der Waals surface area (Å²) in [5.41, 5.74) is 1.07. The van der Waals surface area contributed by atoms with Crippen LogP contribution in [0.5, 0.6) is 5.75 Å². The SMILES string of the molecule is COc1ccc(COCC#CCO)cc1. The summed E-state index contributed by atoms with van der Waals surface area (Å²) >= 11 is 0. The lowest BCUT2D eigenvalue weighted by atomic mass is 10.2. The maximum atomic E-state index is 8.40. The highest BCUT2D eigenvalue weighted by Crippen LogP contribution is 2.11. The Labute approximate surface area is 89.6 Å². The molecular formula is C12H14O3. The molecule has 0 amide bonds. The molecular weight excluding hydrogens is 192 g/mol. The molecule has 0 spiro atoms. The fraction of sp³-hybridized carbons (Fsp3) is 0.333. The summed E-state index contributed by atoms with van der Waals surface area (Å²) < 4.78 is 10.3. The number of aliphatic hydroxyl groups is 1. The van der Waals surface area contributed by atoms with E-state index in [0.717, 1.165) is 11.3 Å². The van der Waals surface area contributed by atoms with E-state index in [2.05, 4.69) is 11.8 Å². The van der Waals surface area contributed by atoms with Crippen LogP contribution in [0.2, 0.25) is 0 Å². The first-order valence-electron chi connectivity index (χ1n) is 4.64. The molecule has 0 unspecified atom stereocenters. The molecule has 0 fully saturated rings. The van der Waals surface area contributed by atoms with Crippen LogP contribution >= 0.6 is 0 Å². The van der Waals surface area contributed by atoms with Gasteiger partial charge in [0.15, 0.2) is 0 Å². The third-order valence-electron chi connectivity index (χ3n) is 1.81. The van der Waals surface area contributed by atoms with Crippen molar-refractivity contribution >= 4 is 0 Å².